The molecule has 4 heteroatoms. The molecule has 0 unspecified atom stereocenters. The molecule has 1 aliphatic rings. The van der Waals surface area contributed by atoms with Crippen LogP contribution in [0.1, 0.15) is 19.3 Å². The molecule has 3 rings (SSSR count). The maximum Gasteiger partial charge on any atom is 0.133 e. The summed E-state index contributed by atoms with van der Waals surface area (Å²) < 4.78 is 0. The Morgan fingerprint density at radius 1 is 1.37 bits per heavy atom. The van der Waals surface area contributed by atoms with Gasteiger partial charge in [0.1, 0.15) is 11.6 Å². The first kappa shape index (κ1) is 12.2. The largest absolute Gasteiger partial charge is 0.508 e. The molecule has 0 aliphatic carbocycles. The molecule has 100 valence electrons. The number of rotatable bonds is 4. The molecule has 0 bridgehead atoms. The van der Waals surface area contributed by atoms with Crippen LogP contribution in [0.2, 0.25) is 0 Å². The van der Waals surface area contributed by atoms with Crippen LogP contribution in [-0.2, 0) is 0 Å². The summed E-state index contributed by atoms with van der Waals surface area (Å²) in [7, 11) is 0. The number of nitrogens with zero attached hydrogens (tertiary/aromatic N) is 1. The molecule has 4 nitrogen and oxygen atoms in total. The molecule has 1 atom stereocenters. The van der Waals surface area contributed by atoms with E-state index in [0.29, 0.717) is 6.04 Å². The Kier molecular flexibility index (Phi) is 3.51. The van der Waals surface area contributed by atoms with Crippen LogP contribution in [0.3, 0.4) is 0 Å². The number of phenols is 1. The predicted molar refractivity (Wildman–Crippen MR) is 77.5 cm³/mol. The van der Waals surface area contributed by atoms with E-state index in [0.717, 1.165) is 36.1 Å². The number of fused-ring (bicyclic) bond motifs is 1. The fourth-order valence-electron chi connectivity index (χ4n) is 2.67. The van der Waals surface area contributed by atoms with Gasteiger partial charge in [0.25, 0.3) is 0 Å². The first-order chi connectivity index (χ1) is 9.33. The van der Waals surface area contributed by atoms with Gasteiger partial charge in [0.15, 0.2) is 0 Å². The highest BCUT2D eigenvalue weighted by Crippen LogP contribution is 2.25. The van der Waals surface area contributed by atoms with Gasteiger partial charge in [0, 0.05) is 24.2 Å². The fourth-order valence-corrected chi connectivity index (χ4v) is 2.67. The third-order valence-corrected chi connectivity index (χ3v) is 3.70. The number of phenolic OH excluding ortho intramolecular Hbond substituents is 1. The Balaban J connectivity index is 1.71. The first-order valence-electron chi connectivity index (χ1n) is 6.88. The van der Waals surface area contributed by atoms with Crippen LogP contribution in [-0.4, -0.2) is 29.2 Å². The second-order valence-corrected chi connectivity index (χ2v) is 5.07. The van der Waals surface area contributed by atoms with Gasteiger partial charge in [0.05, 0.1) is 0 Å². The average Bonchev–Trinajstić information content (AvgIpc) is 2.92. The van der Waals surface area contributed by atoms with Crippen molar-refractivity contribution < 1.29 is 5.11 Å². The predicted octanol–water partition coefficient (Wildman–Crippen LogP) is 2.49. The Bertz CT molecular complexity index is 564. The van der Waals surface area contributed by atoms with Gasteiger partial charge in [-0.05, 0) is 49.4 Å². The van der Waals surface area contributed by atoms with Crippen LogP contribution in [0.15, 0.2) is 30.5 Å². The number of hydrogen-bond donors (Lipinski definition) is 3. The van der Waals surface area contributed by atoms with Crippen LogP contribution in [0, 0.1) is 0 Å². The molecule has 0 radical (unpaired) electrons. The van der Waals surface area contributed by atoms with Crippen molar-refractivity contribution in [3.63, 3.8) is 0 Å². The summed E-state index contributed by atoms with van der Waals surface area (Å²) in [6, 6.07) is 7.97. The highest BCUT2D eigenvalue weighted by molar-refractivity contribution is 5.92. The Morgan fingerprint density at radius 2 is 2.32 bits per heavy atom. The third kappa shape index (κ3) is 2.79. The van der Waals surface area contributed by atoms with Crippen LogP contribution in [0.4, 0.5) is 5.82 Å². The first-order valence-corrected chi connectivity index (χ1v) is 6.88. The summed E-state index contributed by atoms with van der Waals surface area (Å²) in [6.45, 7) is 2.05. The topological polar surface area (TPSA) is 57.2 Å². The van der Waals surface area contributed by atoms with Crippen molar-refractivity contribution in [3.8, 4) is 5.75 Å². The second kappa shape index (κ2) is 5.45. The minimum absolute atomic E-state index is 0.279. The molecule has 1 fully saturated rings. The van der Waals surface area contributed by atoms with E-state index in [-0.39, 0.29) is 5.75 Å². The third-order valence-electron chi connectivity index (χ3n) is 3.70. The van der Waals surface area contributed by atoms with Gasteiger partial charge in [-0.3, -0.25) is 0 Å². The maximum atomic E-state index is 9.59. The molecule has 19 heavy (non-hydrogen) atoms. The number of benzene rings is 1. The zero-order valence-corrected chi connectivity index (χ0v) is 10.9. The normalized spacial score (nSPS) is 18.8. The molecular formula is C15H19N3O. The monoisotopic (exact) mass is 257 g/mol. The zero-order chi connectivity index (χ0) is 13.1. The smallest absolute Gasteiger partial charge is 0.133 e. The number of aromatic hydroxyl groups is 1. The minimum Gasteiger partial charge on any atom is -0.508 e. The van der Waals surface area contributed by atoms with Crippen LogP contribution < -0.4 is 10.6 Å². The van der Waals surface area contributed by atoms with Crippen molar-refractivity contribution in [3.05, 3.63) is 30.5 Å². The summed E-state index contributed by atoms with van der Waals surface area (Å²) in [6.07, 6.45) is 5.46. The zero-order valence-electron chi connectivity index (χ0n) is 10.9. The lowest BCUT2D eigenvalue weighted by Gasteiger charge is -2.12. The highest BCUT2D eigenvalue weighted by Gasteiger charge is 2.13. The molecule has 1 aliphatic heterocycles. The van der Waals surface area contributed by atoms with Crippen LogP contribution in [0.5, 0.6) is 5.75 Å². The van der Waals surface area contributed by atoms with Gasteiger partial charge < -0.3 is 15.7 Å². The van der Waals surface area contributed by atoms with Crippen LogP contribution >= 0.6 is 0 Å². The highest BCUT2D eigenvalue weighted by atomic mass is 16.3. The summed E-state index contributed by atoms with van der Waals surface area (Å²) in [4.78, 5) is 4.37. The number of nitrogens with one attached hydrogen (secondary N) is 2. The molecule has 2 heterocycles. The van der Waals surface area contributed by atoms with E-state index in [1.54, 1.807) is 18.3 Å². The summed E-state index contributed by atoms with van der Waals surface area (Å²) >= 11 is 0. The molecular weight excluding hydrogens is 238 g/mol. The molecule has 1 saturated heterocycles. The number of hydrogen-bond acceptors (Lipinski definition) is 4. The van der Waals surface area contributed by atoms with Crippen molar-refractivity contribution in [2.24, 2.45) is 0 Å². The van der Waals surface area contributed by atoms with E-state index in [9.17, 15) is 5.11 Å². The number of aromatic nitrogens is 1. The molecule has 3 N–H and O–H groups in total. The van der Waals surface area contributed by atoms with Gasteiger partial charge in [-0.2, -0.15) is 0 Å². The number of anilines is 1. The summed E-state index contributed by atoms with van der Waals surface area (Å²) in [5.74, 6) is 1.13. The fraction of sp³-hybridized carbons (Fsp3) is 0.400. The molecule has 1 aromatic heterocycles. The molecule has 2 aromatic rings. The molecule has 0 spiro atoms. The standard InChI is InChI=1S/C15H19N3O/c19-13-4-3-11-5-8-17-15(14(11)10-13)18-9-6-12-2-1-7-16-12/h3-5,8,10,12,16,19H,1-2,6-7,9H2,(H,17,18)/t12-/m1/s1. The Morgan fingerprint density at radius 3 is 3.16 bits per heavy atom. The summed E-state index contributed by atoms with van der Waals surface area (Å²) in [5, 5.41) is 18.5. The van der Waals surface area contributed by atoms with E-state index in [2.05, 4.69) is 15.6 Å². The lowest BCUT2D eigenvalue weighted by Crippen LogP contribution is -2.24. The van der Waals surface area contributed by atoms with E-state index < -0.39 is 0 Å². The van der Waals surface area contributed by atoms with Crippen LogP contribution in [0.25, 0.3) is 10.8 Å². The second-order valence-electron chi connectivity index (χ2n) is 5.07. The SMILES string of the molecule is Oc1ccc2ccnc(NCC[C@H]3CCCN3)c2c1. The van der Waals surface area contributed by atoms with Gasteiger partial charge in [0.2, 0.25) is 0 Å². The number of pyridine rings is 1. The molecule has 0 saturated carbocycles. The Labute approximate surface area is 112 Å². The average molecular weight is 257 g/mol. The minimum atomic E-state index is 0.279. The van der Waals surface area contributed by atoms with Crippen molar-refractivity contribution in [1.29, 1.82) is 0 Å². The lowest BCUT2D eigenvalue weighted by atomic mass is 10.1. The molecule has 1 aromatic carbocycles. The van der Waals surface area contributed by atoms with E-state index in [1.165, 1.54) is 12.8 Å². The van der Waals surface area contributed by atoms with Crippen molar-refractivity contribution in [2.45, 2.75) is 25.3 Å². The van der Waals surface area contributed by atoms with Crippen molar-refractivity contribution >= 4 is 16.6 Å². The van der Waals surface area contributed by atoms with Gasteiger partial charge in [-0.15, -0.1) is 0 Å². The van der Waals surface area contributed by atoms with E-state index >= 15 is 0 Å². The Hall–Kier alpha value is -1.81. The van der Waals surface area contributed by atoms with Crippen molar-refractivity contribution in [1.82, 2.24) is 10.3 Å². The van der Waals surface area contributed by atoms with Gasteiger partial charge >= 0.3 is 0 Å². The quantitative estimate of drug-likeness (QED) is 0.787. The van der Waals surface area contributed by atoms with Crippen molar-refractivity contribution in [2.75, 3.05) is 18.4 Å². The van der Waals surface area contributed by atoms with E-state index in [4.69, 9.17) is 0 Å². The lowest BCUT2D eigenvalue weighted by molar-refractivity contribution is 0.476. The molecule has 0 amide bonds. The van der Waals surface area contributed by atoms with E-state index in [1.807, 2.05) is 12.1 Å². The van der Waals surface area contributed by atoms with Gasteiger partial charge in [-0.25, -0.2) is 4.98 Å². The maximum absolute atomic E-state index is 9.59. The van der Waals surface area contributed by atoms with Gasteiger partial charge in [-0.1, -0.05) is 6.07 Å². The summed E-state index contributed by atoms with van der Waals surface area (Å²) in [5.41, 5.74) is 0.